The molecule has 5 nitrogen and oxygen atoms in total. The minimum atomic E-state index is -0.311. The minimum absolute atomic E-state index is 0.245. The van der Waals surface area contributed by atoms with Gasteiger partial charge in [-0.2, -0.15) is 0 Å². The molecule has 2 aromatic rings. The molecular formula is C16H19ClN4O. The second-order valence-corrected chi connectivity index (χ2v) is 6.49. The zero-order valence-electron chi connectivity index (χ0n) is 13.1. The second kappa shape index (κ2) is 6.32. The Morgan fingerprint density at radius 2 is 1.91 bits per heavy atom. The van der Waals surface area contributed by atoms with Gasteiger partial charge in [0, 0.05) is 16.2 Å². The molecule has 2 rings (SSSR count). The molecule has 0 fully saturated rings. The van der Waals surface area contributed by atoms with Crippen LogP contribution in [0.3, 0.4) is 0 Å². The minimum Gasteiger partial charge on any atom is -0.346 e. The molecule has 0 saturated heterocycles. The third-order valence-corrected chi connectivity index (χ3v) is 3.22. The Hall–Kier alpha value is -2.14. The van der Waals surface area contributed by atoms with Crippen molar-refractivity contribution in [1.29, 1.82) is 0 Å². The van der Waals surface area contributed by atoms with Crippen LogP contribution in [0.25, 0.3) is 0 Å². The Bertz CT molecular complexity index is 678. The van der Waals surface area contributed by atoms with Gasteiger partial charge in [0.25, 0.3) is 5.91 Å². The van der Waals surface area contributed by atoms with E-state index in [4.69, 9.17) is 11.6 Å². The van der Waals surface area contributed by atoms with Gasteiger partial charge in [-0.15, -0.1) is 0 Å². The molecule has 6 heteroatoms. The number of aromatic nitrogens is 2. The number of hydrogen-bond donors (Lipinski definition) is 2. The van der Waals surface area contributed by atoms with Crippen LogP contribution in [-0.2, 0) is 0 Å². The van der Waals surface area contributed by atoms with E-state index in [9.17, 15) is 4.79 Å². The summed E-state index contributed by atoms with van der Waals surface area (Å²) < 4.78 is 0. The van der Waals surface area contributed by atoms with Crippen molar-refractivity contribution in [3.63, 3.8) is 0 Å². The number of benzene rings is 1. The van der Waals surface area contributed by atoms with Crippen molar-refractivity contribution in [1.82, 2.24) is 15.3 Å². The number of amides is 1. The predicted octanol–water partition coefficient (Wildman–Crippen LogP) is 3.71. The number of aryl methyl sites for hydroxylation is 1. The molecule has 0 aliphatic rings. The molecule has 1 heterocycles. The smallest absolute Gasteiger partial charge is 0.271 e. The summed E-state index contributed by atoms with van der Waals surface area (Å²) in [5.74, 6) is 0.303. The molecule has 0 spiro atoms. The topological polar surface area (TPSA) is 66.9 Å². The number of nitrogens with one attached hydrogen (secondary N) is 2. The highest BCUT2D eigenvalue weighted by Crippen LogP contribution is 2.22. The molecule has 1 aromatic carbocycles. The Balaban J connectivity index is 2.08. The van der Waals surface area contributed by atoms with E-state index in [0.29, 0.717) is 10.8 Å². The SMILES string of the molecule is Cc1ccc(Nc2cnc(C(=O)NC(C)(C)C)cn2)cc1Cl. The predicted molar refractivity (Wildman–Crippen MR) is 88.7 cm³/mol. The third kappa shape index (κ3) is 4.43. The molecule has 0 bridgehead atoms. The van der Waals surface area contributed by atoms with Crippen molar-refractivity contribution in [2.24, 2.45) is 0 Å². The van der Waals surface area contributed by atoms with E-state index in [-0.39, 0.29) is 17.1 Å². The summed E-state index contributed by atoms with van der Waals surface area (Å²) in [5.41, 5.74) is 1.79. The normalized spacial score (nSPS) is 11.1. The lowest BCUT2D eigenvalue weighted by Crippen LogP contribution is -2.40. The highest BCUT2D eigenvalue weighted by molar-refractivity contribution is 6.31. The van der Waals surface area contributed by atoms with Crippen LogP contribution in [-0.4, -0.2) is 21.4 Å². The number of hydrogen-bond acceptors (Lipinski definition) is 4. The summed E-state index contributed by atoms with van der Waals surface area (Å²) in [7, 11) is 0. The lowest BCUT2D eigenvalue weighted by molar-refractivity contribution is 0.0914. The van der Waals surface area contributed by atoms with Gasteiger partial charge in [-0.1, -0.05) is 17.7 Å². The van der Waals surface area contributed by atoms with E-state index < -0.39 is 0 Å². The van der Waals surface area contributed by atoms with Crippen molar-refractivity contribution < 1.29 is 4.79 Å². The lowest BCUT2D eigenvalue weighted by atomic mass is 10.1. The van der Waals surface area contributed by atoms with Gasteiger partial charge in [-0.25, -0.2) is 9.97 Å². The molecule has 1 amide bonds. The standard InChI is InChI=1S/C16H19ClN4O/c1-10-5-6-11(7-12(10)17)20-14-9-18-13(8-19-14)15(22)21-16(2,3)4/h5-9H,1-4H3,(H,19,20)(H,21,22). The van der Waals surface area contributed by atoms with Crippen LogP contribution in [0.2, 0.25) is 5.02 Å². The van der Waals surface area contributed by atoms with Gasteiger partial charge in [0.2, 0.25) is 0 Å². The molecule has 22 heavy (non-hydrogen) atoms. The maximum atomic E-state index is 12.0. The fourth-order valence-electron chi connectivity index (χ4n) is 1.73. The first-order valence-corrected chi connectivity index (χ1v) is 7.30. The van der Waals surface area contributed by atoms with E-state index in [1.807, 2.05) is 45.9 Å². The van der Waals surface area contributed by atoms with Crippen LogP contribution in [0.1, 0.15) is 36.8 Å². The fraction of sp³-hybridized carbons (Fsp3) is 0.312. The van der Waals surface area contributed by atoms with Gasteiger partial charge < -0.3 is 10.6 Å². The summed E-state index contributed by atoms with van der Waals surface area (Å²) in [6, 6.07) is 5.64. The van der Waals surface area contributed by atoms with E-state index >= 15 is 0 Å². The Morgan fingerprint density at radius 3 is 2.45 bits per heavy atom. The lowest BCUT2D eigenvalue weighted by Gasteiger charge is -2.19. The van der Waals surface area contributed by atoms with Gasteiger partial charge in [-0.05, 0) is 45.4 Å². The summed E-state index contributed by atoms with van der Waals surface area (Å²) in [6.07, 6.45) is 2.96. The monoisotopic (exact) mass is 318 g/mol. The largest absolute Gasteiger partial charge is 0.346 e. The van der Waals surface area contributed by atoms with Gasteiger partial charge in [0.05, 0.1) is 12.4 Å². The van der Waals surface area contributed by atoms with Crippen LogP contribution in [0, 0.1) is 6.92 Å². The van der Waals surface area contributed by atoms with Crippen molar-refractivity contribution in [3.8, 4) is 0 Å². The van der Waals surface area contributed by atoms with Crippen molar-refractivity contribution >= 4 is 29.0 Å². The summed E-state index contributed by atoms with van der Waals surface area (Å²) in [6.45, 7) is 7.68. The molecular weight excluding hydrogens is 300 g/mol. The first-order chi connectivity index (χ1) is 10.2. The summed E-state index contributed by atoms with van der Waals surface area (Å²) in [4.78, 5) is 20.3. The number of anilines is 2. The van der Waals surface area contributed by atoms with Gasteiger partial charge in [-0.3, -0.25) is 4.79 Å². The fourth-order valence-corrected chi connectivity index (χ4v) is 1.91. The van der Waals surface area contributed by atoms with Crippen molar-refractivity contribution in [3.05, 3.63) is 46.9 Å². The van der Waals surface area contributed by atoms with Gasteiger partial charge in [0.1, 0.15) is 11.5 Å². The van der Waals surface area contributed by atoms with Crippen LogP contribution in [0.4, 0.5) is 11.5 Å². The zero-order chi connectivity index (χ0) is 16.3. The van der Waals surface area contributed by atoms with Crippen molar-refractivity contribution in [2.75, 3.05) is 5.32 Å². The van der Waals surface area contributed by atoms with Gasteiger partial charge in [0.15, 0.2) is 0 Å². The summed E-state index contributed by atoms with van der Waals surface area (Å²) >= 11 is 6.08. The van der Waals surface area contributed by atoms with Gasteiger partial charge >= 0.3 is 0 Å². The molecule has 1 aromatic heterocycles. The maximum absolute atomic E-state index is 12.0. The zero-order valence-corrected chi connectivity index (χ0v) is 13.8. The molecule has 2 N–H and O–H groups in total. The average Bonchev–Trinajstić information content (AvgIpc) is 2.42. The molecule has 0 aliphatic carbocycles. The molecule has 0 aliphatic heterocycles. The first-order valence-electron chi connectivity index (χ1n) is 6.92. The first kappa shape index (κ1) is 16.2. The molecule has 0 saturated carbocycles. The average molecular weight is 319 g/mol. The quantitative estimate of drug-likeness (QED) is 0.905. The Morgan fingerprint density at radius 1 is 1.18 bits per heavy atom. The number of nitrogens with zero attached hydrogens (tertiary/aromatic N) is 2. The second-order valence-electron chi connectivity index (χ2n) is 6.08. The number of halogens is 1. The molecule has 116 valence electrons. The number of rotatable bonds is 3. The number of carbonyl (C=O) groups excluding carboxylic acids is 1. The van der Waals surface area contributed by atoms with Crippen molar-refractivity contribution in [2.45, 2.75) is 33.2 Å². The van der Waals surface area contributed by atoms with Crippen LogP contribution in [0.5, 0.6) is 0 Å². The van der Waals surface area contributed by atoms with Crippen LogP contribution >= 0.6 is 11.6 Å². The van der Waals surface area contributed by atoms with E-state index in [1.54, 1.807) is 0 Å². The van der Waals surface area contributed by atoms with E-state index in [0.717, 1.165) is 11.3 Å². The Labute approximate surface area is 135 Å². The highest BCUT2D eigenvalue weighted by Gasteiger charge is 2.16. The molecule has 0 atom stereocenters. The summed E-state index contributed by atoms with van der Waals surface area (Å²) in [5, 5.41) is 6.62. The Kier molecular flexibility index (Phi) is 4.66. The molecule has 0 radical (unpaired) electrons. The van der Waals surface area contributed by atoms with E-state index in [1.165, 1.54) is 12.4 Å². The number of carbonyl (C=O) groups is 1. The van der Waals surface area contributed by atoms with Crippen LogP contribution < -0.4 is 10.6 Å². The highest BCUT2D eigenvalue weighted by atomic mass is 35.5. The van der Waals surface area contributed by atoms with E-state index in [2.05, 4.69) is 20.6 Å². The molecule has 0 unspecified atom stereocenters. The third-order valence-electron chi connectivity index (χ3n) is 2.82. The van der Waals surface area contributed by atoms with Crippen LogP contribution in [0.15, 0.2) is 30.6 Å². The maximum Gasteiger partial charge on any atom is 0.271 e.